The van der Waals surface area contributed by atoms with Gasteiger partial charge in [-0.3, -0.25) is 0 Å². The molecule has 1 aromatic carbocycles. The molecular formula is C17H26ClN. The Morgan fingerprint density at radius 2 is 1.84 bits per heavy atom. The van der Waals surface area contributed by atoms with E-state index in [9.17, 15) is 0 Å². The maximum atomic E-state index is 8.58. The highest BCUT2D eigenvalue weighted by atomic mass is 35.5. The summed E-state index contributed by atoms with van der Waals surface area (Å²) in [6.45, 7) is 4.01. The summed E-state index contributed by atoms with van der Waals surface area (Å²) < 4.78 is 50.5. The lowest BCUT2D eigenvalue weighted by Gasteiger charge is -2.51. The third kappa shape index (κ3) is 2.98. The van der Waals surface area contributed by atoms with Crippen LogP contribution in [0.4, 0.5) is 0 Å². The predicted molar refractivity (Wildman–Crippen MR) is 83.9 cm³/mol. The van der Waals surface area contributed by atoms with E-state index >= 15 is 0 Å². The summed E-state index contributed by atoms with van der Waals surface area (Å²) in [4.78, 5) is 1.82. The Kier molecular flexibility index (Phi) is 2.67. The van der Waals surface area contributed by atoms with Crippen LogP contribution in [0, 0.1) is 5.92 Å². The van der Waals surface area contributed by atoms with Crippen molar-refractivity contribution in [3.8, 4) is 0 Å². The first-order valence-corrected chi connectivity index (χ1v) is 7.05. The number of likely N-dealkylation sites (N-methyl/N-ethyl adjacent to an activating group) is 1. The van der Waals surface area contributed by atoms with Gasteiger partial charge in [-0.25, -0.2) is 0 Å². The molecule has 106 valence electrons. The summed E-state index contributed by atoms with van der Waals surface area (Å²) >= 11 is 5.98. The van der Waals surface area contributed by atoms with Gasteiger partial charge in [0.25, 0.3) is 0 Å². The third-order valence-corrected chi connectivity index (χ3v) is 3.89. The maximum absolute atomic E-state index is 8.58. The molecule has 1 aromatic rings. The summed E-state index contributed by atoms with van der Waals surface area (Å²) in [6.07, 6.45) is -6.79. The van der Waals surface area contributed by atoms with Crippen LogP contribution in [-0.4, -0.2) is 25.0 Å². The number of rotatable bonds is 5. The molecule has 1 saturated carbocycles. The van der Waals surface area contributed by atoms with E-state index in [2.05, 4.69) is 0 Å². The van der Waals surface area contributed by atoms with Crippen molar-refractivity contribution in [2.75, 3.05) is 14.1 Å². The zero-order valence-corrected chi connectivity index (χ0v) is 12.8. The van der Waals surface area contributed by atoms with Crippen LogP contribution >= 0.6 is 11.6 Å². The van der Waals surface area contributed by atoms with Gasteiger partial charge in [-0.2, -0.15) is 0 Å². The van der Waals surface area contributed by atoms with E-state index in [1.54, 1.807) is 38.4 Å². The van der Waals surface area contributed by atoms with E-state index < -0.39 is 30.6 Å². The molecule has 0 heterocycles. The summed E-state index contributed by atoms with van der Waals surface area (Å²) in [5, 5.41) is 0.479. The minimum Gasteiger partial charge on any atom is -0.306 e. The van der Waals surface area contributed by atoms with E-state index in [1.165, 1.54) is 0 Å². The molecule has 1 aliphatic carbocycles. The number of hydrogen-bond acceptors (Lipinski definition) is 1. The molecule has 1 unspecified atom stereocenters. The highest BCUT2D eigenvalue weighted by Gasteiger charge is 2.46. The average molecular weight is 286 g/mol. The summed E-state index contributed by atoms with van der Waals surface area (Å²) in [6, 6.07) is 5.97. The Morgan fingerprint density at radius 1 is 1.26 bits per heavy atom. The van der Waals surface area contributed by atoms with Crippen LogP contribution in [-0.2, 0) is 5.41 Å². The number of benzene rings is 1. The second kappa shape index (κ2) is 5.85. The van der Waals surface area contributed by atoms with Gasteiger partial charge in [0.2, 0.25) is 0 Å². The predicted octanol–water partition coefficient (Wildman–Crippen LogP) is 4.74. The molecular weight excluding hydrogens is 254 g/mol. The van der Waals surface area contributed by atoms with Crippen LogP contribution in [0.5, 0.6) is 0 Å². The lowest BCUT2D eigenvalue weighted by Crippen LogP contribution is -2.52. The van der Waals surface area contributed by atoms with Gasteiger partial charge in [-0.15, -0.1) is 0 Å². The van der Waals surface area contributed by atoms with E-state index in [-0.39, 0.29) is 5.92 Å². The molecule has 0 amide bonds. The van der Waals surface area contributed by atoms with Crippen LogP contribution in [0.1, 0.15) is 53.2 Å². The van der Waals surface area contributed by atoms with Gasteiger partial charge in [0.05, 0.1) is 0 Å². The SMILES string of the molecule is [2H]C1([2H])C([2H])([2H])C(c2ccc(Cl)cc2)(C(CC(C)C)N(C)C)C1([2H])[2H]. The number of nitrogens with zero attached hydrogens (tertiary/aromatic N) is 1. The fraction of sp³-hybridized carbons (Fsp3) is 0.647. The second-order valence-electron chi connectivity index (χ2n) is 5.80. The zero-order chi connectivity index (χ0) is 19.4. The molecule has 2 rings (SSSR count). The van der Waals surface area contributed by atoms with E-state index in [0.717, 1.165) is 0 Å². The number of hydrogen-bond donors (Lipinski definition) is 0. The monoisotopic (exact) mass is 285 g/mol. The van der Waals surface area contributed by atoms with Gasteiger partial charge in [-0.05, 0) is 56.9 Å². The Morgan fingerprint density at radius 3 is 2.32 bits per heavy atom. The molecule has 0 aliphatic heterocycles. The normalized spacial score (nSPS) is 32.2. The average Bonchev–Trinajstić information content (AvgIpc) is 2.46. The first-order chi connectivity index (χ1) is 11.2. The summed E-state index contributed by atoms with van der Waals surface area (Å²) in [7, 11) is 3.59. The molecule has 1 nitrogen and oxygen atoms in total. The Labute approximate surface area is 131 Å². The number of halogens is 1. The maximum Gasteiger partial charge on any atom is 0.0406 e. The molecule has 0 bridgehead atoms. The molecule has 0 radical (unpaired) electrons. The minimum absolute atomic E-state index is 0.203. The van der Waals surface area contributed by atoms with Gasteiger partial charge in [0, 0.05) is 24.7 Å². The quantitative estimate of drug-likeness (QED) is 0.755. The van der Waals surface area contributed by atoms with Crippen molar-refractivity contribution in [2.45, 2.75) is 50.8 Å². The highest BCUT2D eigenvalue weighted by molar-refractivity contribution is 6.30. The van der Waals surface area contributed by atoms with Crippen LogP contribution in [0.3, 0.4) is 0 Å². The molecule has 1 fully saturated rings. The first-order valence-electron chi connectivity index (χ1n) is 9.67. The molecule has 1 atom stereocenters. The van der Waals surface area contributed by atoms with Gasteiger partial charge in [0.1, 0.15) is 0 Å². The van der Waals surface area contributed by atoms with Gasteiger partial charge in [0.15, 0.2) is 0 Å². The van der Waals surface area contributed by atoms with Gasteiger partial charge >= 0.3 is 0 Å². The van der Waals surface area contributed by atoms with Crippen molar-refractivity contribution >= 4 is 11.6 Å². The molecule has 0 N–H and O–H groups in total. The van der Waals surface area contributed by atoms with Crippen molar-refractivity contribution in [3.05, 3.63) is 34.9 Å². The standard InChI is InChI=1S/C17H26ClN/c1-13(2)12-16(19(3)4)17(10-5-11-17)14-6-8-15(18)9-7-14/h6-9,13,16H,5,10-12H2,1-4H3/i5D2,10D2,11D2. The Balaban J connectivity index is 2.79. The van der Waals surface area contributed by atoms with Crippen molar-refractivity contribution in [1.82, 2.24) is 4.90 Å². The molecule has 0 spiro atoms. The van der Waals surface area contributed by atoms with E-state index in [1.807, 2.05) is 18.7 Å². The topological polar surface area (TPSA) is 3.24 Å². The van der Waals surface area contributed by atoms with E-state index in [4.69, 9.17) is 19.8 Å². The fourth-order valence-electron chi connectivity index (χ4n) is 2.63. The Bertz CT molecular complexity index is 609. The lowest BCUT2D eigenvalue weighted by atomic mass is 9.58. The van der Waals surface area contributed by atoms with Crippen molar-refractivity contribution < 1.29 is 8.22 Å². The van der Waals surface area contributed by atoms with Crippen LogP contribution in [0.15, 0.2) is 24.3 Å². The minimum atomic E-state index is -2.59. The molecule has 0 saturated heterocycles. The highest BCUT2D eigenvalue weighted by Crippen LogP contribution is 2.49. The Hall–Kier alpha value is -0.530. The van der Waals surface area contributed by atoms with Crippen LogP contribution < -0.4 is 0 Å². The summed E-state index contributed by atoms with van der Waals surface area (Å²) in [5.41, 5.74) is -1.19. The van der Waals surface area contributed by atoms with E-state index in [0.29, 0.717) is 17.0 Å². The van der Waals surface area contributed by atoms with Crippen LogP contribution in [0.2, 0.25) is 5.02 Å². The molecule has 19 heavy (non-hydrogen) atoms. The van der Waals surface area contributed by atoms with Gasteiger partial charge < -0.3 is 4.90 Å². The molecule has 1 aliphatic rings. The van der Waals surface area contributed by atoms with Crippen molar-refractivity contribution in [2.24, 2.45) is 5.92 Å². The molecule has 0 aromatic heterocycles. The smallest absolute Gasteiger partial charge is 0.0406 e. The zero-order valence-electron chi connectivity index (χ0n) is 18.0. The fourth-order valence-corrected chi connectivity index (χ4v) is 2.76. The third-order valence-electron chi connectivity index (χ3n) is 3.64. The van der Waals surface area contributed by atoms with Gasteiger partial charge in [-0.1, -0.05) is 44.0 Å². The van der Waals surface area contributed by atoms with Crippen molar-refractivity contribution in [1.29, 1.82) is 0 Å². The lowest BCUT2D eigenvalue weighted by molar-refractivity contribution is 0.0808. The largest absolute Gasteiger partial charge is 0.306 e. The second-order valence-corrected chi connectivity index (χ2v) is 6.24. The molecule has 2 heteroatoms. The summed E-state index contributed by atoms with van der Waals surface area (Å²) in [5.74, 6) is 0.203. The van der Waals surface area contributed by atoms with Crippen molar-refractivity contribution in [3.63, 3.8) is 0 Å². The first kappa shape index (κ1) is 8.69. The van der Waals surface area contributed by atoms with Crippen LogP contribution in [0.25, 0.3) is 0 Å².